The number of hydrogen-bond acceptors (Lipinski definition) is 5. The van der Waals surface area contributed by atoms with Crippen molar-refractivity contribution in [2.75, 3.05) is 26.3 Å². The normalized spacial score (nSPS) is 16.6. The molecule has 1 aliphatic rings. The summed E-state index contributed by atoms with van der Waals surface area (Å²) >= 11 is 0. The first-order valence-electron chi connectivity index (χ1n) is 7.35. The van der Waals surface area contributed by atoms with Crippen molar-refractivity contribution in [1.82, 2.24) is 10.6 Å². The second kappa shape index (κ2) is 10.00. The molecule has 0 aromatic rings. The Labute approximate surface area is 124 Å². The van der Waals surface area contributed by atoms with E-state index < -0.39 is 12.0 Å². The fourth-order valence-electron chi connectivity index (χ4n) is 2.59. The number of rotatable bonds is 7. The Morgan fingerprint density at radius 2 is 2.00 bits per heavy atom. The molecule has 0 aromatic carbocycles. The monoisotopic (exact) mass is 297 g/mol. The number of nitrogens with one attached hydrogen (secondary N) is 2. The quantitative estimate of drug-likeness (QED) is 0.594. The van der Waals surface area contributed by atoms with Crippen LogP contribution >= 0.6 is 0 Å². The molecular weight excluding hydrogens is 274 g/mol. The zero-order valence-electron chi connectivity index (χ0n) is 12.1. The molecule has 1 rings (SSSR count). The zero-order chi connectivity index (χ0) is 15.5. The summed E-state index contributed by atoms with van der Waals surface area (Å²) < 4.78 is 5.06. The minimum Gasteiger partial charge on any atom is -0.449 e. The molecule has 0 aromatic heterocycles. The average molecular weight is 297 g/mol. The van der Waals surface area contributed by atoms with E-state index in [1.807, 2.05) is 6.07 Å². The van der Waals surface area contributed by atoms with Gasteiger partial charge in [-0.25, -0.2) is 4.79 Å². The van der Waals surface area contributed by atoms with Crippen LogP contribution in [0.4, 0.5) is 4.79 Å². The SMILES string of the molecule is N#CCNC(=O)C(COC(=O)NCCO)C1CCCCC1. The summed E-state index contributed by atoms with van der Waals surface area (Å²) in [4.78, 5) is 23.5. The van der Waals surface area contributed by atoms with Crippen molar-refractivity contribution in [3.8, 4) is 6.07 Å². The Kier molecular flexibility index (Phi) is 8.21. The third-order valence-electron chi connectivity index (χ3n) is 3.67. The van der Waals surface area contributed by atoms with Gasteiger partial charge in [-0.15, -0.1) is 0 Å². The number of nitrogens with zero attached hydrogens (tertiary/aromatic N) is 1. The molecule has 21 heavy (non-hydrogen) atoms. The summed E-state index contributed by atoms with van der Waals surface area (Å²) in [6, 6.07) is 1.87. The molecule has 1 saturated carbocycles. The third kappa shape index (κ3) is 6.45. The van der Waals surface area contributed by atoms with E-state index in [2.05, 4.69) is 10.6 Å². The molecule has 0 radical (unpaired) electrons. The highest BCUT2D eigenvalue weighted by Crippen LogP contribution is 2.30. The molecule has 7 nitrogen and oxygen atoms in total. The molecule has 118 valence electrons. The second-order valence-corrected chi connectivity index (χ2v) is 5.13. The number of carbonyl (C=O) groups excluding carboxylic acids is 2. The Bertz CT molecular complexity index is 375. The van der Waals surface area contributed by atoms with Crippen molar-refractivity contribution >= 4 is 12.0 Å². The third-order valence-corrected chi connectivity index (χ3v) is 3.67. The Hall–Kier alpha value is -1.81. The van der Waals surface area contributed by atoms with E-state index in [0.29, 0.717) is 0 Å². The first-order valence-corrected chi connectivity index (χ1v) is 7.35. The van der Waals surface area contributed by atoms with E-state index in [9.17, 15) is 9.59 Å². The van der Waals surface area contributed by atoms with Gasteiger partial charge in [0.2, 0.25) is 5.91 Å². The highest BCUT2D eigenvalue weighted by molar-refractivity contribution is 5.79. The Morgan fingerprint density at radius 3 is 2.62 bits per heavy atom. The molecule has 1 unspecified atom stereocenters. The van der Waals surface area contributed by atoms with Gasteiger partial charge in [-0.05, 0) is 18.8 Å². The van der Waals surface area contributed by atoms with Gasteiger partial charge >= 0.3 is 6.09 Å². The van der Waals surface area contributed by atoms with Gasteiger partial charge in [0.05, 0.1) is 18.6 Å². The lowest BCUT2D eigenvalue weighted by molar-refractivity contribution is -0.128. The van der Waals surface area contributed by atoms with Gasteiger partial charge in [0, 0.05) is 6.54 Å². The molecule has 7 heteroatoms. The van der Waals surface area contributed by atoms with Crippen LogP contribution in [0.2, 0.25) is 0 Å². The highest BCUT2D eigenvalue weighted by atomic mass is 16.5. The van der Waals surface area contributed by atoms with E-state index in [0.717, 1.165) is 25.7 Å². The van der Waals surface area contributed by atoms with Crippen LogP contribution in [-0.4, -0.2) is 43.4 Å². The van der Waals surface area contributed by atoms with E-state index in [4.69, 9.17) is 15.1 Å². The van der Waals surface area contributed by atoms with Crippen molar-refractivity contribution in [3.63, 3.8) is 0 Å². The van der Waals surface area contributed by atoms with Gasteiger partial charge in [-0.1, -0.05) is 19.3 Å². The van der Waals surface area contributed by atoms with Crippen molar-refractivity contribution < 1.29 is 19.4 Å². The predicted molar refractivity (Wildman–Crippen MR) is 75.1 cm³/mol. The van der Waals surface area contributed by atoms with Gasteiger partial charge < -0.3 is 20.5 Å². The van der Waals surface area contributed by atoms with Crippen LogP contribution in [0, 0.1) is 23.2 Å². The fourth-order valence-corrected chi connectivity index (χ4v) is 2.59. The zero-order valence-corrected chi connectivity index (χ0v) is 12.1. The minimum absolute atomic E-state index is 0.000803. The van der Waals surface area contributed by atoms with Crippen molar-refractivity contribution in [2.24, 2.45) is 11.8 Å². The second-order valence-electron chi connectivity index (χ2n) is 5.13. The van der Waals surface area contributed by atoms with Crippen LogP contribution in [0.1, 0.15) is 32.1 Å². The Morgan fingerprint density at radius 1 is 1.29 bits per heavy atom. The average Bonchev–Trinajstić information content (AvgIpc) is 2.52. The molecule has 3 N–H and O–H groups in total. The summed E-state index contributed by atoms with van der Waals surface area (Å²) in [5.41, 5.74) is 0. The van der Waals surface area contributed by atoms with Crippen LogP contribution in [0.5, 0.6) is 0 Å². The molecule has 0 spiro atoms. The molecule has 0 saturated heterocycles. The van der Waals surface area contributed by atoms with E-state index in [1.54, 1.807) is 0 Å². The molecule has 2 amide bonds. The van der Waals surface area contributed by atoms with E-state index in [-0.39, 0.29) is 38.1 Å². The number of aliphatic hydroxyl groups excluding tert-OH is 1. The maximum Gasteiger partial charge on any atom is 0.407 e. The van der Waals surface area contributed by atoms with Gasteiger partial charge in [0.15, 0.2) is 0 Å². The number of alkyl carbamates (subject to hydrolysis) is 1. The summed E-state index contributed by atoms with van der Waals surface area (Å²) in [7, 11) is 0. The van der Waals surface area contributed by atoms with Crippen LogP contribution < -0.4 is 10.6 Å². The highest BCUT2D eigenvalue weighted by Gasteiger charge is 2.30. The summed E-state index contributed by atoms with van der Waals surface area (Å²) in [6.07, 6.45) is 4.55. The van der Waals surface area contributed by atoms with E-state index in [1.165, 1.54) is 6.42 Å². The lowest BCUT2D eigenvalue weighted by Gasteiger charge is -2.28. The number of aliphatic hydroxyl groups is 1. The van der Waals surface area contributed by atoms with Crippen molar-refractivity contribution in [1.29, 1.82) is 5.26 Å². The summed E-state index contributed by atoms with van der Waals surface area (Å²) in [6.45, 7) is -0.0880. The number of carbonyl (C=O) groups is 2. The number of nitriles is 1. The number of hydrogen-bond donors (Lipinski definition) is 3. The van der Waals surface area contributed by atoms with Gasteiger partial charge in [-0.3, -0.25) is 4.79 Å². The summed E-state index contributed by atoms with van der Waals surface area (Å²) in [5.74, 6) is -0.472. The first kappa shape index (κ1) is 17.2. The lowest BCUT2D eigenvalue weighted by atomic mass is 9.80. The largest absolute Gasteiger partial charge is 0.449 e. The summed E-state index contributed by atoms with van der Waals surface area (Å²) in [5, 5.41) is 22.1. The first-order chi connectivity index (χ1) is 10.2. The van der Waals surface area contributed by atoms with Crippen LogP contribution in [-0.2, 0) is 9.53 Å². The molecule has 0 heterocycles. The molecule has 0 bridgehead atoms. The van der Waals surface area contributed by atoms with E-state index >= 15 is 0 Å². The van der Waals surface area contributed by atoms with Gasteiger partial charge in [0.25, 0.3) is 0 Å². The molecule has 1 atom stereocenters. The maximum atomic E-state index is 12.1. The molecular formula is C14H23N3O4. The van der Waals surface area contributed by atoms with Gasteiger partial charge in [-0.2, -0.15) is 5.26 Å². The van der Waals surface area contributed by atoms with Crippen LogP contribution in [0.15, 0.2) is 0 Å². The molecule has 0 aliphatic heterocycles. The predicted octanol–water partition coefficient (Wildman–Crippen LogP) is 0.541. The van der Waals surface area contributed by atoms with Crippen LogP contribution in [0.25, 0.3) is 0 Å². The standard InChI is InChI=1S/C14H23N3O4/c15-6-7-16-13(19)12(11-4-2-1-3-5-11)10-21-14(20)17-8-9-18/h11-12,18H,1-5,7-10H2,(H,16,19)(H,17,20). The smallest absolute Gasteiger partial charge is 0.407 e. The van der Waals surface area contributed by atoms with Crippen LogP contribution in [0.3, 0.4) is 0 Å². The minimum atomic E-state index is -0.641. The maximum absolute atomic E-state index is 12.1. The van der Waals surface area contributed by atoms with Gasteiger partial charge in [0.1, 0.15) is 13.2 Å². The molecule has 1 aliphatic carbocycles. The topological polar surface area (TPSA) is 111 Å². The Balaban J connectivity index is 2.52. The number of ether oxygens (including phenoxy) is 1. The number of amides is 2. The van der Waals surface area contributed by atoms with Crippen molar-refractivity contribution in [3.05, 3.63) is 0 Å². The lowest BCUT2D eigenvalue weighted by Crippen LogP contribution is -2.40. The molecule has 1 fully saturated rings. The fraction of sp³-hybridized carbons (Fsp3) is 0.786. The van der Waals surface area contributed by atoms with Crippen molar-refractivity contribution in [2.45, 2.75) is 32.1 Å².